The number of terminal acetylenes is 1. The molecule has 3 aromatic rings. The molecule has 0 bridgehead atoms. The van der Waals surface area contributed by atoms with Crippen molar-refractivity contribution in [2.45, 2.75) is 19.4 Å². The number of hydrogen-bond donors (Lipinski definition) is 1. The van der Waals surface area contributed by atoms with Crippen LogP contribution in [0.1, 0.15) is 21.7 Å². The first-order valence-corrected chi connectivity index (χ1v) is 9.50. The van der Waals surface area contributed by atoms with E-state index in [4.69, 9.17) is 22.8 Å². The fraction of sp³-hybridized carbons (Fsp3) is 0.227. The smallest absolute Gasteiger partial charge is 0.274 e. The van der Waals surface area contributed by atoms with Gasteiger partial charge in [0.15, 0.2) is 5.69 Å². The second kappa shape index (κ2) is 9.87. The van der Waals surface area contributed by atoms with Crippen molar-refractivity contribution in [1.82, 2.24) is 20.3 Å². The fourth-order valence-electron chi connectivity index (χ4n) is 2.93. The van der Waals surface area contributed by atoms with Gasteiger partial charge in [0.2, 0.25) is 0 Å². The Morgan fingerprint density at radius 1 is 1.24 bits per heavy atom. The van der Waals surface area contributed by atoms with E-state index in [1.54, 1.807) is 23.7 Å². The van der Waals surface area contributed by atoms with Crippen LogP contribution in [0.4, 0.5) is 0 Å². The summed E-state index contributed by atoms with van der Waals surface area (Å²) in [6.45, 7) is 2.28. The van der Waals surface area contributed by atoms with Crippen LogP contribution >= 0.6 is 11.6 Å². The maximum absolute atomic E-state index is 12.9. The Hall–Kier alpha value is -3.14. The molecule has 7 heteroatoms. The molecule has 6 nitrogen and oxygen atoms in total. The lowest BCUT2D eigenvalue weighted by Gasteiger charge is -2.18. The van der Waals surface area contributed by atoms with Crippen molar-refractivity contribution in [2.24, 2.45) is 0 Å². The molecule has 0 aliphatic rings. The summed E-state index contributed by atoms with van der Waals surface area (Å²) < 4.78 is 7.07. The van der Waals surface area contributed by atoms with Crippen LogP contribution in [0.15, 0.2) is 54.6 Å². The molecule has 3 rings (SSSR count). The molecule has 0 aliphatic heterocycles. The summed E-state index contributed by atoms with van der Waals surface area (Å²) in [5.74, 6) is 2.12. The molecule has 1 heterocycles. The Kier molecular flexibility index (Phi) is 7.01. The summed E-state index contributed by atoms with van der Waals surface area (Å²) >= 11 is 5.94. The first-order chi connectivity index (χ1) is 14.1. The lowest BCUT2D eigenvalue weighted by Crippen LogP contribution is -2.40. The number of nitrogens with zero attached hydrogens (tertiary/aromatic N) is 3. The van der Waals surface area contributed by atoms with Gasteiger partial charge in [-0.2, -0.15) is 0 Å². The first kappa shape index (κ1) is 20.6. The minimum Gasteiger partial charge on any atom is -0.367 e. The van der Waals surface area contributed by atoms with Crippen LogP contribution in [0, 0.1) is 19.3 Å². The Morgan fingerprint density at radius 2 is 1.97 bits per heavy atom. The van der Waals surface area contributed by atoms with Gasteiger partial charge in [0.25, 0.3) is 5.91 Å². The summed E-state index contributed by atoms with van der Waals surface area (Å²) in [5.41, 5.74) is 2.75. The maximum atomic E-state index is 12.9. The van der Waals surface area contributed by atoms with E-state index in [0.29, 0.717) is 23.7 Å². The molecule has 29 heavy (non-hydrogen) atoms. The van der Waals surface area contributed by atoms with Gasteiger partial charge >= 0.3 is 0 Å². The lowest BCUT2D eigenvalue weighted by molar-refractivity contribution is 0.0873. The zero-order valence-electron chi connectivity index (χ0n) is 16.0. The molecule has 1 aromatic heterocycles. The number of nitrogens with one attached hydrogen (secondary N) is 1. The van der Waals surface area contributed by atoms with Gasteiger partial charge in [-0.25, -0.2) is 4.68 Å². The third kappa shape index (κ3) is 5.44. The number of rotatable bonds is 8. The standard InChI is InChI=1S/C22H21ClN4O2/c1-3-13-29-15-19(14-17-7-5-4-6-8-17)24-22(28)21-16(2)27(26-25-21)20-11-9-18(23)10-12-20/h1,4-12,19H,13-15H2,2H3,(H,24,28). The number of carbonyl (C=O) groups is 1. The summed E-state index contributed by atoms with van der Waals surface area (Å²) in [7, 11) is 0. The van der Waals surface area contributed by atoms with E-state index >= 15 is 0 Å². The average molecular weight is 409 g/mol. The highest BCUT2D eigenvalue weighted by Crippen LogP contribution is 2.16. The van der Waals surface area contributed by atoms with E-state index in [1.807, 2.05) is 42.5 Å². The average Bonchev–Trinajstić information content (AvgIpc) is 3.11. The van der Waals surface area contributed by atoms with E-state index in [-0.39, 0.29) is 24.2 Å². The topological polar surface area (TPSA) is 69.0 Å². The normalized spacial score (nSPS) is 11.6. The number of amides is 1. The third-order valence-electron chi connectivity index (χ3n) is 4.35. The van der Waals surface area contributed by atoms with Gasteiger partial charge in [-0.15, -0.1) is 11.5 Å². The minimum atomic E-state index is -0.312. The zero-order valence-corrected chi connectivity index (χ0v) is 16.8. The van der Waals surface area contributed by atoms with Crippen LogP contribution in [-0.2, 0) is 11.2 Å². The number of ether oxygens (including phenoxy) is 1. The van der Waals surface area contributed by atoms with Crippen molar-refractivity contribution in [3.8, 4) is 18.0 Å². The van der Waals surface area contributed by atoms with Crippen molar-refractivity contribution in [3.05, 3.63) is 76.6 Å². The summed E-state index contributed by atoms with van der Waals surface area (Å²) in [4.78, 5) is 12.9. The predicted molar refractivity (Wildman–Crippen MR) is 112 cm³/mol. The first-order valence-electron chi connectivity index (χ1n) is 9.12. The van der Waals surface area contributed by atoms with Crippen molar-refractivity contribution in [3.63, 3.8) is 0 Å². The van der Waals surface area contributed by atoms with Crippen LogP contribution in [0.5, 0.6) is 0 Å². The van der Waals surface area contributed by atoms with Crippen molar-refractivity contribution in [2.75, 3.05) is 13.2 Å². The quantitative estimate of drug-likeness (QED) is 0.459. The Balaban J connectivity index is 1.75. The molecular formula is C22H21ClN4O2. The van der Waals surface area contributed by atoms with Crippen LogP contribution < -0.4 is 5.32 Å². The van der Waals surface area contributed by atoms with E-state index in [0.717, 1.165) is 11.3 Å². The number of benzene rings is 2. The molecule has 0 radical (unpaired) electrons. The van der Waals surface area contributed by atoms with Crippen molar-refractivity contribution in [1.29, 1.82) is 0 Å². The molecule has 1 unspecified atom stereocenters. The predicted octanol–water partition coefficient (Wildman–Crippen LogP) is 3.22. The molecule has 148 valence electrons. The van der Waals surface area contributed by atoms with Crippen LogP contribution in [-0.4, -0.2) is 40.2 Å². The summed E-state index contributed by atoms with van der Waals surface area (Å²) in [5, 5.41) is 11.8. The molecule has 0 saturated heterocycles. The molecular weight excluding hydrogens is 388 g/mol. The third-order valence-corrected chi connectivity index (χ3v) is 4.60. The molecule has 0 spiro atoms. The monoisotopic (exact) mass is 408 g/mol. The second-order valence-corrected chi connectivity index (χ2v) is 6.93. The summed E-state index contributed by atoms with van der Waals surface area (Å²) in [6, 6.07) is 16.8. The molecule has 0 saturated carbocycles. The largest absolute Gasteiger partial charge is 0.367 e. The lowest BCUT2D eigenvalue weighted by atomic mass is 10.1. The van der Waals surface area contributed by atoms with Gasteiger partial charge in [0.1, 0.15) is 6.61 Å². The number of halogens is 1. The van der Waals surface area contributed by atoms with E-state index in [9.17, 15) is 4.79 Å². The Morgan fingerprint density at radius 3 is 2.66 bits per heavy atom. The van der Waals surface area contributed by atoms with Gasteiger partial charge < -0.3 is 10.1 Å². The molecule has 0 fully saturated rings. The van der Waals surface area contributed by atoms with Crippen LogP contribution in [0.3, 0.4) is 0 Å². The van der Waals surface area contributed by atoms with Crippen LogP contribution in [0.25, 0.3) is 5.69 Å². The fourth-order valence-corrected chi connectivity index (χ4v) is 3.06. The van der Waals surface area contributed by atoms with E-state index in [1.165, 1.54) is 0 Å². The Labute approximate surface area is 174 Å². The number of aromatic nitrogens is 3. The van der Waals surface area contributed by atoms with Crippen molar-refractivity contribution >= 4 is 17.5 Å². The van der Waals surface area contributed by atoms with Gasteiger partial charge in [0.05, 0.1) is 24.0 Å². The SMILES string of the molecule is C#CCOCC(Cc1ccccc1)NC(=O)c1nnn(-c2ccc(Cl)cc2)c1C. The highest BCUT2D eigenvalue weighted by Gasteiger charge is 2.21. The number of carbonyl (C=O) groups excluding carboxylic acids is 1. The molecule has 1 amide bonds. The molecule has 0 aliphatic carbocycles. The molecule has 1 N–H and O–H groups in total. The highest BCUT2D eigenvalue weighted by molar-refractivity contribution is 6.30. The minimum absolute atomic E-state index is 0.187. The maximum Gasteiger partial charge on any atom is 0.274 e. The van der Waals surface area contributed by atoms with Gasteiger partial charge in [0, 0.05) is 5.02 Å². The highest BCUT2D eigenvalue weighted by atomic mass is 35.5. The van der Waals surface area contributed by atoms with Crippen LogP contribution in [0.2, 0.25) is 5.02 Å². The van der Waals surface area contributed by atoms with Gasteiger partial charge in [-0.05, 0) is 43.2 Å². The van der Waals surface area contributed by atoms with Crippen molar-refractivity contribution < 1.29 is 9.53 Å². The number of hydrogen-bond acceptors (Lipinski definition) is 4. The second-order valence-electron chi connectivity index (χ2n) is 6.49. The van der Waals surface area contributed by atoms with E-state index in [2.05, 4.69) is 21.5 Å². The van der Waals surface area contributed by atoms with Gasteiger partial charge in [-0.3, -0.25) is 4.79 Å². The molecule has 2 aromatic carbocycles. The van der Waals surface area contributed by atoms with E-state index < -0.39 is 0 Å². The summed E-state index contributed by atoms with van der Waals surface area (Å²) in [6.07, 6.45) is 5.87. The zero-order chi connectivity index (χ0) is 20.6. The molecule has 1 atom stereocenters. The van der Waals surface area contributed by atoms with Gasteiger partial charge in [-0.1, -0.05) is 53.1 Å². The Bertz CT molecular complexity index is 994.